The van der Waals surface area contributed by atoms with Gasteiger partial charge in [0.15, 0.2) is 5.56 Å². The van der Waals surface area contributed by atoms with E-state index in [4.69, 9.17) is 21.4 Å². The van der Waals surface area contributed by atoms with Crippen molar-refractivity contribution in [1.82, 2.24) is 0 Å². The Morgan fingerprint density at radius 3 is 2.38 bits per heavy atom. The van der Waals surface area contributed by atoms with Gasteiger partial charge >= 0.3 is 0 Å². The molecule has 1 N–H and O–H groups in total. The van der Waals surface area contributed by atoms with Crippen molar-refractivity contribution in [3.05, 3.63) is 0 Å². The van der Waals surface area contributed by atoms with Gasteiger partial charge in [0, 0.05) is 6.61 Å². The van der Waals surface area contributed by atoms with Crippen LogP contribution in [0.5, 0.6) is 0 Å². The van der Waals surface area contributed by atoms with Gasteiger partial charge in [-0.25, -0.2) is 0 Å². The van der Waals surface area contributed by atoms with Crippen LogP contribution in [0.3, 0.4) is 0 Å². The smallest absolute Gasteiger partial charge is 0.156 e. The lowest BCUT2D eigenvalue weighted by atomic mass is 10.4. The second-order valence-corrected chi connectivity index (χ2v) is 1.98. The van der Waals surface area contributed by atoms with Gasteiger partial charge in [0.1, 0.15) is 0 Å². The Kier molecular flexibility index (Phi) is 4.23. The van der Waals surface area contributed by atoms with Crippen LogP contribution in [-0.2, 0) is 4.74 Å². The van der Waals surface area contributed by atoms with Crippen LogP contribution in [0.4, 0.5) is 0 Å². The first-order valence-corrected chi connectivity index (χ1v) is 3.06. The van der Waals surface area contributed by atoms with E-state index in [0.717, 1.165) is 0 Å². The summed E-state index contributed by atoms with van der Waals surface area (Å²) in [4.78, 5) is 0. The van der Waals surface area contributed by atoms with E-state index in [0.29, 0.717) is 6.61 Å². The minimum atomic E-state index is -0.586. The van der Waals surface area contributed by atoms with Gasteiger partial charge in [0.05, 0.1) is 6.10 Å². The molecule has 0 saturated carbocycles. The van der Waals surface area contributed by atoms with Gasteiger partial charge in [0.25, 0.3) is 0 Å². The first-order chi connectivity index (χ1) is 3.68. The molecule has 0 saturated heterocycles. The predicted octanol–water partition coefficient (Wildman–Crippen LogP) is 0.969. The maximum absolute atomic E-state index is 8.70. The van der Waals surface area contributed by atoms with Crippen LogP contribution in [0, 0.1) is 0 Å². The van der Waals surface area contributed by atoms with E-state index in [1.807, 2.05) is 6.92 Å². The maximum Gasteiger partial charge on any atom is 0.156 e. The van der Waals surface area contributed by atoms with Gasteiger partial charge < -0.3 is 9.84 Å². The molecule has 0 aromatic carbocycles. The fraction of sp³-hybridized carbons (Fsp3) is 1.00. The summed E-state index contributed by atoms with van der Waals surface area (Å²) < 4.78 is 4.82. The molecule has 0 aromatic rings. The van der Waals surface area contributed by atoms with Crippen LogP contribution >= 0.6 is 11.6 Å². The van der Waals surface area contributed by atoms with Crippen molar-refractivity contribution in [1.29, 1.82) is 0 Å². The fourth-order valence-corrected chi connectivity index (χ4v) is 0.424. The van der Waals surface area contributed by atoms with Crippen molar-refractivity contribution < 1.29 is 9.84 Å². The van der Waals surface area contributed by atoms with E-state index in [1.165, 1.54) is 0 Å². The summed E-state index contributed by atoms with van der Waals surface area (Å²) in [7, 11) is 0. The Balaban J connectivity index is 3.17. The van der Waals surface area contributed by atoms with Gasteiger partial charge in [-0.1, -0.05) is 11.6 Å². The lowest BCUT2D eigenvalue weighted by Crippen LogP contribution is -2.19. The Labute approximate surface area is 54.4 Å². The molecule has 0 radical (unpaired) electrons. The first kappa shape index (κ1) is 8.21. The molecular formula is C5H11ClO2. The van der Waals surface area contributed by atoms with Crippen molar-refractivity contribution in [2.75, 3.05) is 6.61 Å². The SMILES string of the molecule is CCO[C@@H](Cl)C(C)O. The lowest BCUT2D eigenvalue weighted by Gasteiger charge is -2.10. The zero-order valence-electron chi connectivity index (χ0n) is 5.10. The highest BCUT2D eigenvalue weighted by molar-refractivity contribution is 6.20. The fourth-order valence-electron chi connectivity index (χ4n) is 0.298. The molecule has 2 atom stereocenters. The summed E-state index contributed by atoms with van der Waals surface area (Å²) >= 11 is 5.44. The Morgan fingerprint density at radius 2 is 2.25 bits per heavy atom. The molecule has 0 aromatic heterocycles. The standard InChI is InChI=1S/C5H11ClO2/c1-3-8-5(6)4(2)7/h4-5,7H,3H2,1-2H3/t4?,5-/m1/s1. The molecule has 0 amide bonds. The molecule has 0 bridgehead atoms. The van der Waals surface area contributed by atoms with Crippen molar-refractivity contribution in [3.63, 3.8) is 0 Å². The van der Waals surface area contributed by atoms with Gasteiger partial charge in [0.2, 0.25) is 0 Å². The summed E-state index contributed by atoms with van der Waals surface area (Å²) in [6.45, 7) is 3.96. The third-order valence-electron chi connectivity index (χ3n) is 0.705. The van der Waals surface area contributed by atoms with Gasteiger partial charge in [-0.05, 0) is 13.8 Å². The number of alkyl halides is 1. The molecule has 8 heavy (non-hydrogen) atoms. The van der Waals surface area contributed by atoms with Crippen LogP contribution < -0.4 is 0 Å². The molecule has 0 rings (SSSR count). The summed E-state index contributed by atoms with van der Waals surface area (Å²) in [6.07, 6.45) is -0.586. The Hall–Kier alpha value is 0.210. The second-order valence-electron chi connectivity index (χ2n) is 1.55. The van der Waals surface area contributed by atoms with Crippen LogP contribution in [0.25, 0.3) is 0 Å². The number of hydrogen-bond donors (Lipinski definition) is 1. The van der Waals surface area contributed by atoms with Crippen LogP contribution in [0.15, 0.2) is 0 Å². The topological polar surface area (TPSA) is 29.5 Å². The molecule has 2 nitrogen and oxygen atoms in total. The Bertz CT molecular complexity index is 56.4. The molecule has 0 spiro atoms. The third kappa shape index (κ3) is 3.24. The zero-order chi connectivity index (χ0) is 6.57. The molecular weight excluding hydrogens is 128 g/mol. The van der Waals surface area contributed by atoms with E-state index < -0.39 is 11.7 Å². The molecule has 1 unspecified atom stereocenters. The van der Waals surface area contributed by atoms with Crippen molar-refractivity contribution >= 4 is 11.6 Å². The van der Waals surface area contributed by atoms with Gasteiger partial charge in [-0.3, -0.25) is 0 Å². The van der Waals surface area contributed by atoms with E-state index in [1.54, 1.807) is 6.92 Å². The summed E-state index contributed by atoms with van der Waals surface area (Å²) in [5.74, 6) is 0. The average Bonchev–Trinajstić information content (AvgIpc) is 1.67. The second kappa shape index (κ2) is 4.13. The largest absolute Gasteiger partial charge is 0.389 e. The highest BCUT2D eigenvalue weighted by Gasteiger charge is 2.08. The molecule has 0 aliphatic heterocycles. The number of aliphatic hydroxyl groups excluding tert-OH is 1. The van der Waals surface area contributed by atoms with Crippen molar-refractivity contribution in [2.24, 2.45) is 0 Å². The monoisotopic (exact) mass is 138 g/mol. The highest BCUT2D eigenvalue weighted by Crippen LogP contribution is 2.02. The van der Waals surface area contributed by atoms with Crippen LogP contribution in [0.1, 0.15) is 13.8 Å². The molecule has 0 aliphatic rings. The van der Waals surface area contributed by atoms with Crippen LogP contribution in [0.2, 0.25) is 0 Å². The highest BCUT2D eigenvalue weighted by atomic mass is 35.5. The summed E-state index contributed by atoms with van der Waals surface area (Å²) in [5.41, 5.74) is -0.556. The minimum absolute atomic E-state index is 0.541. The lowest BCUT2D eigenvalue weighted by molar-refractivity contribution is 0.0249. The number of aliphatic hydroxyl groups is 1. The Morgan fingerprint density at radius 1 is 1.75 bits per heavy atom. The van der Waals surface area contributed by atoms with Crippen molar-refractivity contribution in [2.45, 2.75) is 25.5 Å². The molecule has 3 heteroatoms. The van der Waals surface area contributed by atoms with Gasteiger partial charge in [-0.15, -0.1) is 0 Å². The summed E-state index contributed by atoms with van der Waals surface area (Å²) in [6, 6.07) is 0. The van der Waals surface area contributed by atoms with E-state index in [9.17, 15) is 0 Å². The maximum atomic E-state index is 8.70. The first-order valence-electron chi connectivity index (χ1n) is 2.62. The predicted molar refractivity (Wildman–Crippen MR) is 32.9 cm³/mol. The number of hydrogen-bond acceptors (Lipinski definition) is 2. The average molecular weight is 139 g/mol. The number of ether oxygens (including phenoxy) is 1. The molecule has 0 aliphatic carbocycles. The van der Waals surface area contributed by atoms with E-state index >= 15 is 0 Å². The number of rotatable bonds is 3. The minimum Gasteiger partial charge on any atom is -0.389 e. The normalized spacial score (nSPS) is 18.0. The van der Waals surface area contributed by atoms with E-state index in [2.05, 4.69) is 0 Å². The summed E-state index contributed by atoms with van der Waals surface area (Å²) in [5, 5.41) is 8.70. The molecule has 0 fully saturated rings. The van der Waals surface area contributed by atoms with Crippen LogP contribution in [-0.4, -0.2) is 23.4 Å². The zero-order valence-corrected chi connectivity index (χ0v) is 5.85. The van der Waals surface area contributed by atoms with E-state index in [-0.39, 0.29) is 0 Å². The molecule has 0 heterocycles. The molecule has 50 valence electrons. The van der Waals surface area contributed by atoms with Gasteiger partial charge in [-0.2, -0.15) is 0 Å². The van der Waals surface area contributed by atoms with Crippen molar-refractivity contribution in [3.8, 4) is 0 Å². The third-order valence-corrected chi connectivity index (χ3v) is 1.20. The number of halogens is 1. The quantitative estimate of drug-likeness (QED) is 0.589.